The van der Waals surface area contributed by atoms with Crippen molar-refractivity contribution < 1.29 is 19.2 Å². The van der Waals surface area contributed by atoms with Crippen molar-refractivity contribution in [3.8, 4) is 0 Å². The van der Waals surface area contributed by atoms with Gasteiger partial charge >= 0.3 is 0 Å². The van der Waals surface area contributed by atoms with Gasteiger partial charge in [0.2, 0.25) is 17.7 Å². The zero-order valence-corrected chi connectivity index (χ0v) is 18.1. The lowest BCUT2D eigenvalue weighted by Gasteiger charge is -2.41. The van der Waals surface area contributed by atoms with Crippen LogP contribution >= 0.6 is 0 Å². The molecule has 3 fully saturated rings. The summed E-state index contributed by atoms with van der Waals surface area (Å²) in [5, 5.41) is 2.35. The standard InChI is InChI=1S/C23H29N5O4/c24-17-12-27(13-17)22(31)14-6-8-26(9-7-14)10-15-2-1-3-16-11-28(23(32)20(15)16)18-4-5-19(29)25-21(18)30/h1-3,14,17-18H,4-13,24H2,(H,25,29,30). The summed E-state index contributed by atoms with van der Waals surface area (Å²) in [6, 6.07) is 5.39. The molecule has 5 rings (SSSR count). The van der Waals surface area contributed by atoms with Crippen molar-refractivity contribution in [3.05, 3.63) is 34.9 Å². The highest BCUT2D eigenvalue weighted by Gasteiger charge is 2.40. The third-order valence-electron chi connectivity index (χ3n) is 7.19. The highest BCUT2D eigenvalue weighted by molar-refractivity contribution is 6.06. The Balaban J connectivity index is 1.23. The van der Waals surface area contributed by atoms with E-state index >= 15 is 0 Å². The van der Waals surface area contributed by atoms with Crippen molar-refractivity contribution in [3.63, 3.8) is 0 Å². The lowest BCUT2D eigenvalue weighted by molar-refractivity contribution is -0.141. The first kappa shape index (κ1) is 21.1. The van der Waals surface area contributed by atoms with E-state index in [1.807, 2.05) is 23.1 Å². The second-order valence-electron chi connectivity index (χ2n) is 9.40. The first-order chi connectivity index (χ1) is 15.4. The number of nitrogens with zero attached hydrogens (tertiary/aromatic N) is 3. The predicted molar refractivity (Wildman–Crippen MR) is 115 cm³/mol. The Hall–Kier alpha value is -2.78. The number of fused-ring (bicyclic) bond motifs is 1. The van der Waals surface area contributed by atoms with Crippen LogP contribution in [0, 0.1) is 5.92 Å². The Morgan fingerprint density at radius 1 is 1.09 bits per heavy atom. The van der Waals surface area contributed by atoms with E-state index < -0.39 is 6.04 Å². The molecule has 0 spiro atoms. The molecule has 3 N–H and O–H groups in total. The Morgan fingerprint density at radius 3 is 2.53 bits per heavy atom. The minimum atomic E-state index is -0.600. The number of amides is 4. The fourth-order valence-electron chi connectivity index (χ4n) is 5.35. The summed E-state index contributed by atoms with van der Waals surface area (Å²) in [5.74, 6) is -0.523. The van der Waals surface area contributed by atoms with Gasteiger partial charge in [-0.3, -0.25) is 29.4 Å². The molecule has 9 nitrogen and oxygen atoms in total. The molecule has 1 unspecified atom stereocenters. The third-order valence-corrected chi connectivity index (χ3v) is 7.19. The summed E-state index contributed by atoms with van der Waals surface area (Å²) >= 11 is 0. The van der Waals surface area contributed by atoms with Gasteiger partial charge < -0.3 is 15.5 Å². The molecule has 1 aromatic carbocycles. The fourth-order valence-corrected chi connectivity index (χ4v) is 5.35. The van der Waals surface area contributed by atoms with Gasteiger partial charge in [-0.1, -0.05) is 18.2 Å². The summed E-state index contributed by atoms with van der Waals surface area (Å²) in [6.07, 6.45) is 2.25. The number of nitrogens with two attached hydrogens (primary N) is 1. The zero-order chi connectivity index (χ0) is 22.4. The van der Waals surface area contributed by atoms with Crippen LogP contribution in [0.15, 0.2) is 18.2 Å². The topological polar surface area (TPSA) is 116 Å². The van der Waals surface area contributed by atoms with Crippen molar-refractivity contribution >= 4 is 23.6 Å². The number of rotatable bonds is 4. The van der Waals surface area contributed by atoms with Gasteiger partial charge in [0.05, 0.1) is 0 Å². The van der Waals surface area contributed by atoms with Crippen molar-refractivity contribution in [2.45, 2.75) is 50.9 Å². The van der Waals surface area contributed by atoms with Gasteiger partial charge in [0.1, 0.15) is 6.04 Å². The maximum absolute atomic E-state index is 13.3. The minimum absolute atomic E-state index is 0.0601. The average Bonchev–Trinajstić information content (AvgIpc) is 3.09. The molecule has 4 amide bonds. The quantitative estimate of drug-likeness (QED) is 0.630. The van der Waals surface area contributed by atoms with E-state index in [-0.39, 0.29) is 42.0 Å². The summed E-state index contributed by atoms with van der Waals surface area (Å²) < 4.78 is 0. The molecule has 1 aromatic rings. The summed E-state index contributed by atoms with van der Waals surface area (Å²) in [6.45, 7) is 3.99. The fraction of sp³-hybridized carbons (Fsp3) is 0.565. The second kappa shape index (κ2) is 8.29. The molecule has 4 aliphatic heterocycles. The molecule has 4 aliphatic rings. The largest absolute Gasteiger partial charge is 0.339 e. The first-order valence-corrected chi connectivity index (χ1v) is 11.4. The number of nitrogens with one attached hydrogen (secondary N) is 1. The lowest BCUT2D eigenvalue weighted by Crippen LogP contribution is -2.59. The van der Waals surface area contributed by atoms with Gasteiger partial charge in [-0.2, -0.15) is 0 Å². The van der Waals surface area contributed by atoms with Crippen molar-refractivity contribution in [1.82, 2.24) is 20.0 Å². The van der Waals surface area contributed by atoms with E-state index in [9.17, 15) is 19.2 Å². The zero-order valence-electron chi connectivity index (χ0n) is 18.1. The van der Waals surface area contributed by atoms with Crippen LogP contribution in [0.5, 0.6) is 0 Å². The van der Waals surface area contributed by atoms with Crippen LogP contribution in [0.1, 0.15) is 47.2 Å². The molecule has 3 saturated heterocycles. The summed E-state index contributed by atoms with van der Waals surface area (Å²) in [4.78, 5) is 55.3. The number of carbonyl (C=O) groups is 4. The van der Waals surface area contributed by atoms with E-state index in [0.717, 1.165) is 37.1 Å². The third kappa shape index (κ3) is 3.80. The van der Waals surface area contributed by atoms with Gasteiger partial charge in [0, 0.05) is 50.1 Å². The van der Waals surface area contributed by atoms with E-state index in [4.69, 9.17) is 5.73 Å². The smallest absolute Gasteiger partial charge is 0.255 e. The second-order valence-corrected chi connectivity index (χ2v) is 9.40. The molecule has 0 aliphatic carbocycles. The van der Waals surface area contributed by atoms with Gasteiger partial charge in [-0.25, -0.2) is 0 Å². The van der Waals surface area contributed by atoms with Crippen LogP contribution in [0.25, 0.3) is 0 Å². The van der Waals surface area contributed by atoms with Crippen molar-refractivity contribution in [1.29, 1.82) is 0 Å². The molecule has 4 heterocycles. The van der Waals surface area contributed by atoms with Crippen LogP contribution in [0.2, 0.25) is 0 Å². The minimum Gasteiger partial charge on any atom is -0.339 e. The molecule has 170 valence electrons. The molecule has 32 heavy (non-hydrogen) atoms. The molecule has 1 atom stereocenters. The highest BCUT2D eigenvalue weighted by atomic mass is 16.2. The van der Waals surface area contributed by atoms with Gasteiger partial charge in [-0.05, 0) is 43.5 Å². The van der Waals surface area contributed by atoms with Crippen LogP contribution in [0.3, 0.4) is 0 Å². The number of hydrogen-bond donors (Lipinski definition) is 2. The van der Waals surface area contributed by atoms with E-state index in [0.29, 0.717) is 38.2 Å². The van der Waals surface area contributed by atoms with E-state index in [1.54, 1.807) is 4.90 Å². The van der Waals surface area contributed by atoms with E-state index in [1.165, 1.54) is 0 Å². The average molecular weight is 440 g/mol. The number of benzene rings is 1. The Labute approximate surface area is 186 Å². The maximum Gasteiger partial charge on any atom is 0.255 e. The molecule has 0 saturated carbocycles. The predicted octanol–water partition coefficient (Wildman–Crippen LogP) is -0.171. The lowest BCUT2D eigenvalue weighted by atomic mass is 9.93. The number of likely N-dealkylation sites (tertiary alicyclic amines) is 2. The normalized spacial score (nSPS) is 25.0. The molecule has 9 heteroatoms. The number of imide groups is 1. The maximum atomic E-state index is 13.3. The van der Waals surface area contributed by atoms with Crippen molar-refractivity contribution in [2.24, 2.45) is 11.7 Å². The van der Waals surface area contributed by atoms with Crippen LogP contribution in [-0.2, 0) is 27.5 Å². The highest BCUT2D eigenvalue weighted by Crippen LogP contribution is 2.31. The summed E-state index contributed by atoms with van der Waals surface area (Å²) in [5.41, 5.74) is 8.37. The number of hydrogen-bond acceptors (Lipinski definition) is 6. The molecular formula is C23H29N5O4. The molecule has 0 radical (unpaired) electrons. The van der Waals surface area contributed by atoms with Gasteiger partial charge in [-0.15, -0.1) is 0 Å². The Kier molecular flexibility index (Phi) is 5.46. The van der Waals surface area contributed by atoms with E-state index in [2.05, 4.69) is 10.2 Å². The van der Waals surface area contributed by atoms with Crippen LogP contribution < -0.4 is 11.1 Å². The SMILES string of the molecule is NC1CN(C(=O)C2CCN(Cc3cccc4c3C(=O)N(C3CCC(=O)NC3=O)C4)CC2)C1. The summed E-state index contributed by atoms with van der Waals surface area (Å²) in [7, 11) is 0. The van der Waals surface area contributed by atoms with Gasteiger partial charge in [0.25, 0.3) is 5.91 Å². The number of piperidine rings is 2. The molecule has 0 aromatic heterocycles. The monoisotopic (exact) mass is 439 g/mol. The van der Waals surface area contributed by atoms with Crippen LogP contribution in [0.4, 0.5) is 0 Å². The first-order valence-electron chi connectivity index (χ1n) is 11.4. The molecular weight excluding hydrogens is 410 g/mol. The Morgan fingerprint density at radius 2 is 1.84 bits per heavy atom. The Bertz CT molecular complexity index is 965. The van der Waals surface area contributed by atoms with Crippen LogP contribution in [-0.4, -0.2) is 76.6 Å². The van der Waals surface area contributed by atoms with Crippen molar-refractivity contribution in [2.75, 3.05) is 26.2 Å². The number of carbonyl (C=O) groups excluding carboxylic acids is 4. The molecule has 0 bridgehead atoms. The van der Waals surface area contributed by atoms with Gasteiger partial charge in [0.15, 0.2) is 0 Å².